The van der Waals surface area contributed by atoms with Gasteiger partial charge in [-0.25, -0.2) is 8.78 Å². The molecule has 0 amide bonds. The number of aromatic nitrogens is 2. The third-order valence-electron chi connectivity index (χ3n) is 4.40. The number of hydrogen-bond donors (Lipinski definition) is 1. The van der Waals surface area contributed by atoms with Crippen molar-refractivity contribution in [3.63, 3.8) is 0 Å². The van der Waals surface area contributed by atoms with Gasteiger partial charge in [-0.3, -0.25) is 9.58 Å². The monoisotopic (exact) mass is 321 g/mol. The first-order valence-corrected chi connectivity index (χ1v) is 7.95. The molecule has 1 aromatic heterocycles. The second-order valence-corrected chi connectivity index (χ2v) is 6.02. The molecule has 2 heterocycles. The van der Waals surface area contributed by atoms with Crippen molar-refractivity contribution < 1.29 is 13.9 Å². The number of likely N-dealkylation sites (tertiary alicyclic amines) is 1. The Hall–Kier alpha value is -1.79. The highest BCUT2D eigenvalue weighted by atomic mass is 19.1. The van der Waals surface area contributed by atoms with Crippen molar-refractivity contribution in [2.75, 3.05) is 13.1 Å². The van der Waals surface area contributed by atoms with E-state index < -0.39 is 17.7 Å². The molecule has 1 aliphatic heterocycles. The van der Waals surface area contributed by atoms with Gasteiger partial charge in [-0.05, 0) is 43.5 Å². The van der Waals surface area contributed by atoms with Gasteiger partial charge in [-0.15, -0.1) is 0 Å². The molecule has 0 spiro atoms. The maximum Gasteiger partial charge on any atom is 0.128 e. The molecule has 2 aromatic rings. The molecule has 23 heavy (non-hydrogen) atoms. The summed E-state index contributed by atoms with van der Waals surface area (Å²) >= 11 is 0. The zero-order valence-electron chi connectivity index (χ0n) is 13.1. The minimum atomic E-state index is -0.513. The van der Waals surface area contributed by atoms with Crippen LogP contribution < -0.4 is 0 Å². The van der Waals surface area contributed by atoms with E-state index in [0.29, 0.717) is 25.1 Å². The molecule has 124 valence electrons. The Morgan fingerprint density at radius 1 is 1.35 bits per heavy atom. The second-order valence-electron chi connectivity index (χ2n) is 6.02. The molecule has 2 unspecified atom stereocenters. The van der Waals surface area contributed by atoms with Crippen LogP contribution in [0.15, 0.2) is 30.6 Å². The molecular formula is C17H21F2N3O. The minimum Gasteiger partial charge on any atom is -0.392 e. The van der Waals surface area contributed by atoms with E-state index in [9.17, 15) is 13.9 Å². The number of benzene rings is 1. The number of nitrogens with zero attached hydrogens (tertiary/aromatic N) is 3. The van der Waals surface area contributed by atoms with E-state index in [-0.39, 0.29) is 6.04 Å². The molecule has 0 aliphatic carbocycles. The van der Waals surface area contributed by atoms with Gasteiger partial charge in [-0.1, -0.05) is 0 Å². The standard InChI is InChI=1S/C17H21F2N3O/c1-2-22-10-12(9-20-22)5-6-21-11-14(23)8-17(21)15-7-13(18)3-4-16(15)19/h3-4,7,9-10,14,17,23H,2,5-6,8,11H2,1H3. The fraction of sp³-hybridized carbons (Fsp3) is 0.471. The van der Waals surface area contributed by atoms with Crippen LogP contribution >= 0.6 is 0 Å². The number of rotatable bonds is 5. The summed E-state index contributed by atoms with van der Waals surface area (Å²) in [7, 11) is 0. The highest BCUT2D eigenvalue weighted by Gasteiger charge is 2.33. The van der Waals surface area contributed by atoms with E-state index in [1.54, 1.807) is 0 Å². The van der Waals surface area contributed by atoms with Gasteiger partial charge in [-0.2, -0.15) is 5.10 Å². The first-order valence-electron chi connectivity index (χ1n) is 7.95. The Labute approximate surface area is 134 Å². The topological polar surface area (TPSA) is 41.3 Å². The maximum absolute atomic E-state index is 14.0. The van der Waals surface area contributed by atoms with Crippen molar-refractivity contribution in [3.05, 3.63) is 53.4 Å². The number of aryl methyl sites for hydroxylation is 1. The Morgan fingerprint density at radius 3 is 2.91 bits per heavy atom. The predicted molar refractivity (Wildman–Crippen MR) is 82.9 cm³/mol. The molecule has 1 aliphatic rings. The molecule has 1 fully saturated rings. The van der Waals surface area contributed by atoms with E-state index >= 15 is 0 Å². The van der Waals surface area contributed by atoms with Crippen LogP contribution in [0.5, 0.6) is 0 Å². The summed E-state index contributed by atoms with van der Waals surface area (Å²) in [4.78, 5) is 2.02. The van der Waals surface area contributed by atoms with Crippen LogP contribution in [0, 0.1) is 11.6 Å². The number of aliphatic hydroxyl groups excluding tert-OH is 1. The third-order valence-corrected chi connectivity index (χ3v) is 4.40. The van der Waals surface area contributed by atoms with E-state index in [0.717, 1.165) is 30.7 Å². The van der Waals surface area contributed by atoms with Gasteiger partial charge in [0.25, 0.3) is 0 Å². The van der Waals surface area contributed by atoms with Crippen molar-refractivity contribution in [1.29, 1.82) is 0 Å². The van der Waals surface area contributed by atoms with Gasteiger partial charge >= 0.3 is 0 Å². The Balaban J connectivity index is 1.73. The van der Waals surface area contributed by atoms with Crippen LogP contribution in [-0.2, 0) is 13.0 Å². The predicted octanol–water partition coefficient (Wildman–Crippen LogP) is 2.53. The third kappa shape index (κ3) is 3.59. The first kappa shape index (κ1) is 16.1. The highest BCUT2D eigenvalue weighted by molar-refractivity contribution is 5.24. The van der Waals surface area contributed by atoms with Crippen LogP contribution in [0.1, 0.15) is 30.5 Å². The SMILES string of the molecule is CCn1cc(CCN2CC(O)CC2c2cc(F)ccc2F)cn1. The lowest BCUT2D eigenvalue weighted by Crippen LogP contribution is -2.27. The van der Waals surface area contributed by atoms with Crippen LogP contribution in [-0.4, -0.2) is 39.0 Å². The molecule has 6 heteroatoms. The van der Waals surface area contributed by atoms with Gasteiger partial charge in [0.1, 0.15) is 11.6 Å². The normalized spacial score (nSPS) is 21.9. The van der Waals surface area contributed by atoms with E-state index in [2.05, 4.69) is 5.10 Å². The van der Waals surface area contributed by atoms with E-state index in [1.165, 1.54) is 6.07 Å². The van der Waals surface area contributed by atoms with Crippen LogP contribution in [0.25, 0.3) is 0 Å². The summed E-state index contributed by atoms with van der Waals surface area (Å²) in [5.74, 6) is -0.874. The smallest absolute Gasteiger partial charge is 0.128 e. The summed E-state index contributed by atoms with van der Waals surface area (Å²) in [6, 6.07) is 3.22. The molecule has 1 saturated heterocycles. The molecule has 2 atom stereocenters. The lowest BCUT2D eigenvalue weighted by Gasteiger charge is -2.24. The highest BCUT2D eigenvalue weighted by Crippen LogP contribution is 2.34. The Kier molecular flexibility index (Phi) is 4.73. The fourth-order valence-corrected chi connectivity index (χ4v) is 3.20. The van der Waals surface area contributed by atoms with Crippen LogP contribution in [0.2, 0.25) is 0 Å². The molecule has 0 saturated carbocycles. The summed E-state index contributed by atoms with van der Waals surface area (Å²) in [5.41, 5.74) is 1.43. The lowest BCUT2D eigenvalue weighted by molar-refractivity contribution is 0.175. The molecule has 3 rings (SSSR count). The quantitative estimate of drug-likeness (QED) is 0.920. The fourth-order valence-electron chi connectivity index (χ4n) is 3.20. The molecule has 0 radical (unpaired) electrons. The molecular weight excluding hydrogens is 300 g/mol. The maximum atomic E-state index is 14.0. The zero-order chi connectivity index (χ0) is 16.4. The molecule has 1 aromatic carbocycles. The Bertz CT molecular complexity index is 674. The lowest BCUT2D eigenvalue weighted by atomic mass is 10.0. The first-order chi connectivity index (χ1) is 11.1. The average Bonchev–Trinajstić information content (AvgIpc) is 3.13. The molecule has 0 bridgehead atoms. The van der Waals surface area contributed by atoms with Crippen molar-refractivity contribution in [2.45, 2.75) is 38.5 Å². The van der Waals surface area contributed by atoms with Gasteiger partial charge in [0, 0.05) is 37.4 Å². The summed E-state index contributed by atoms with van der Waals surface area (Å²) in [6.07, 6.45) is 4.49. The molecule has 1 N–H and O–H groups in total. The summed E-state index contributed by atoms with van der Waals surface area (Å²) < 4.78 is 29.4. The van der Waals surface area contributed by atoms with Crippen molar-refractivity contribution in [2.24, 2.45) is 0 Å². The number of hydrogen-bond acceptors (Lipinski definition) is 3. The Morgan fingerprint density at radius 2 is 2.17 bits per heavy atom. The van der Waals surface area contributed by atoms with Gasteiger partial charge in [0.15, 0.2) is 0 Å². The van der Waals surface area contributed by atoms with Crippen molar-refractivity contribution in [1.82, 2.24) is 14.7 Å². The van der Waals surface area contributed by atoms with Crippen LogP contribution in [0.3, 0.4) is 0 Å². The number of β-amino-alcohol motifs (C(OH)–C–C–N with tert-alkyl or cyclic N) is 1. The number of halogens is 2. The van der Waals surface area contributed by atoms with Gasteiger partial charge in [0.05, 0.1) is 12.3 Å². The summed E-state index contributed by atoms with van der Waals surface area (Å²) in [5, 5.41) is 14.2. The molecule has 4 nitrogen and oxygen atoms in total. The van der Waals surface area contributed by atoms with Crippen molar-refractivity contribution in [3.8, 4) is 0 Å². The minimum absolute atomic E-state index is 0.290. The van der Waals surface area contributed by atoms with Crippen LogP contribution in [0.4, 0.5) is 8.78 Å². The second kappa shape index (κ2) is 6.76. The van der Waals surface area contributed by atoms with E-state index in [1.807, 2.05) is 28.9 Å². The average molecular weight is 321 g/mol. The zero-order valence-corrected chi connectivity index (χ0v) is 13.1. The van der Waals surface area contributed by atoms with Gasteiger partial charge < -0.3 is 5.11 Å². The van der Waals surface area contributed by atoms with Gasteiger partial charge in [0.2, 0.25) is 0 Å². The summed E-state index contributed by atoms with van der Waals surface area (Å²) in [6.45, 7) is 3.99. The largest absolute Gasteiger partial charge is 0.392 e. The number of aliphatic hydroxyl groups is 1. The van der Waals surface area contributed by atoms with E-state index in [4.69, 9.17) is 0 Å². The van der Waals surface area contributed by atoms with Crippen molar-refractivity contribution >= 4 is 0 Å².